The molecule has 0 spiro atoms. The molecule has 9 heteroatoms. The number of hydrogen-bond acceptors (Lipinski definition) is 6. The van der Waals surface area contributed by atoms with Crippen LogP contribution in [0.4, 0.5) is 5.69 Å². The molecule has 0 radical (unpaired) electrons. The lowest BCUT2D eigenvalue weighted by molar-refractivity contribution is -0.116. The third kappa shape index (κ3) is 4.77. The molecule has 25 heavy (non-hydrogen) atoms. The first-order chi connectivity index (χ1) is 12.1. The highest BCUT2D eigenvalue weighted by atomic mass is 16.5. The molecule has 1 fully saturated rings. The zero-order chi connectivity index (χ0) is 17.6. The van der Waals surface area contributed by atoms with E-state index < -0.39 is 5.97 Å². The van der Waals surface area contributed by atoms with Gasteiger partial charge in [0.05, 0.1) is 12.3 Å². The van der Waals surface area contributed by atoms with Gasteiger partial charge in [0.1, 0.15) is 18.9 Å². The monoisotopic (exact) mass is 346 g/mol. The van der Waals surface area contributed by atoms with Gasteiger partial charge >= 0.3 is 5.97 Å². The Morgan fingerprint density at radius 1 is 1.44 bits per heavy atom. The predicted octanol–water partition coefficient (Wildman–Crippen LogP) is 1.17. The zero-order valence-corrected chi connectivity index (χ0v) is 13.4. The topological polar surface area (TPSA) is 116 Å². The summed E-state index contributed by atoms with van der Waals surface area (Å²) >= 11 is 0. The van der Waals surface area contributed by atoms with E-state index in [9.17, 15) is 9.59 Å². The molecule has 1 unspecified atom stereocenters. The second-order valence-corrected chi connectivity index (χ2v) is 5.63. The van der Waals surface area contributed by atoms with E-state index in [0.29, 0.717) is 18.0 Å². The largest absolute Gasteiger partial charge is 0.491 e. The molecule has 132 valence electrons. The number of carbonyl (C=O) groups excluding carboxylic acids is 1. The number of carbonyl (C=O) groups is 2. The van der Waals surface area contributed by atoms with Crippen molar-refractivity contribution >= 4 is 17.6 Å². The third-order valence-electron chi connectivity index (χ3n) is 3.64. The van der Waals surface area contributed by atoms with E-state index in [0.717, 1.165) is 24.1 Å². The minimum Gasteiger partial charge on any atom is -0.491 e. The molecule has 1 atom stereocenters. The number of hydrogen-bond donors (Lipinski definition) is 2. The van der Waals surface area contributed by atoms with Gasteiger partial charge in [-0.1, -0.05) is 11.3 Å². The smallest absolute Gasteiger partial charge is 0.358 e. The van der Waals surface area contributed by atoms with Gasteiger partial charge in [-0.2, -0.15) is 0 Å². The minimum atomic E-state index is -1.19. The molecule has 9 nitrogen and oxygen atoms in total. The molecule has 1 aromatic carbocycles. The first-order valence-corrected chi connectivity index (χ1v) is 7.88. The molecule has 1 saturated heterocycles. The minimum absolute atomic E-state index is 0.119. The van der Waals surface area contributed by atoms with Crippen LogP contribution >= 0.6 is 0 Å². The van der Waals surface area contributed by atoms with E-state index >= 15 is 0 Å². The molecule has 1 aromatic heterocycles. The fourth-order valence-electron chi connectivity index (χ4n) is 2.45. The average molecular weight is 346 g/mol. The SMILES string of the molecule is O=C(Cn1cc(C(=O)O)nn1)Nc1cccc(OCC2CCCO2)c1. The van der Waals surface area contributed by atoms with Gasteiger partial charge in [0.2, 0.25) is 5.91 Å². The van der Waals surface area contributed by atoms with Crippen molar-refractivity contribution < 1.29 is 24.2 Å². The fraction of sp³-hybridized carbons (Fsp3) is 0.375. The summed E-state index contributed by atoms with van der Waals surface area (Å²) in [4.78, 5) is 22.8. The first kappa shape index (κ1) is 16.9. The van der Waals surface area contributed by atoms with E-state index in [4.69, 9.17) is 14.6 Å². The number of nitrogens with zero attached hydrogens (tertiary/aromatic N) is 3. The number of ether oxygens (including phenoxy) is 2. The van der Waals surface area contributed by atoms with E-state index in [2.05, 4.69) is 15.6 Å². The van der Waals surface area contributed by atoms with Crippen molar-refractivity contribution in [3.63, 3.8) is 0 Å². The van der Waals surface area contributed by atoms with Gasteiger partial charge in [-0.05, 0) is 25.0 Å². The summed E-state index contributed by atoms with van der Waals surface area (Å²) in [7, 11) is 0. The van der Waals surface area contributed by atoms with Crippen LogP contribution in [0.1, 0.15) is 23.3 Å². The van der Waals surface area contributed by atoms with Crippen LogP contribution in [0, 0.1) is 0 Å². The fourth-order valence-corrected chi connectivity index (χ4v) is 2.45. The van der Waals surface area contributed by atoms with Crippen LogP contribution in [0.15, 0.2) is 30.5 Å². The number of anilines is 1. The van der Waals surface area contributed by atoms with Crippen molar-refractivity contribution in [2.45, 2.75) is 25.5 Å². The number of rotatable bonds is 7. The van der Waals surface area contributed by atoms with Gasteiger partial charge < -0.3 is 19.9 Å². The van der Waals surface area contributed by atoms with Crippen molar-refractivity contribution in [2.24, 2.45) is 0 Å². The Hall–Kier alpha value is -2.94. The Balaban J connectivity index is 1.53. The number of amides is 1. The number of carboxylic acids is 1. The second kappa shape index (κ2) is 7.75. The van der Waals surface area contributed by atoms with E-state index in [1.165, 1.54) is 6.20 Å². The van der Waals surface area contributed by atoms with E-state index in [-0.39, 0.29) is 24.2 Å². The maximum atomic E-state index is 12.0. The van der Waals surface area contributed by atoms with Crippen LogP contribution in [0.2, 0.25) is 0 Å². The lowest BCUT2D eigenvalue weighted by Crippen LogP contribution is -2.19. The highest BCUT2D eigenvalue weighted by Gasteiger charge is 2.16. The Labute approximate surface area is 143 Å². The number of nitrogens with one attached hydrogen (secondary N) is 1. The summed E-state index contributed by atoms with van der Waals surface area (Å²) < 4.78 is 12.4. The zero-order valence-electron chi connectivity index (χ0n) is 13.4. The molecule has 0 bridgehead atoms. The molecule has 3 rings (SSSR count). The van der Waals surface area contributed by atoms with Gasteiger partial charge in [-0.25, -0.2) is 9.48 Å². The first-order valence-electron chi connectivity index (χ1n) is 7.88. The molecular formula is C16H18N4O5. The lowest BCUT2D eigenvalue weighted by Gasteiger charge is -2.12. The van der Waals surface area contributed by atoms with Gasteiger partial charge in [-0.3, -0.25) is 4.79 Å². The van der Waals surface area contributed by atoms with Crippen LogP contribution < -0.4 is 10.1 Å². The Bertz CT molecular complexity index is 754. The highest BCUT2D eigenvalue weighted by molar-refractivity contribution is 5.91. The van der Waals surface area contributed by atoms with Crippen molar-refractivity contribution in [3.05, 3.63) is 36.2 Å². The maximum Gasteiger partial charge on any atom is 0.358 e. The highest BCUT2D eigenvalue weighted by Crippen LogP contribution is 2.19. The summed E-state index contributed by atoms with van der Waals surface area (Å²) in [6.07, 6.45) is 3.36. The maximum absolute atomic E-state index is 12.0. The van der Waals surface area contributed by atoms with Crippen LogP contribution in [-0.2, 0) is 16.1 Å². The van der Waals surface area contributed by atoms with Crippen LogP contribution in [0.5, 0.6) is 5.75 Å². The number of benzene rings is 1. The Morgan fingerprint density at radius 3 is 3.04 bits per heavy atom. The second-order valence-electron chi connectivity index (χ2n) is 5.63. The molecule has 1 aliphatic rings. The molecular weight excluding hydrogens is 328 g/mol. The number of aromatic nitrogens is 3. The van der Waals surface area contributed by atoms with Crippen LogP contribution in [-0.4, -0.2) is 51.3 Å². The van der Waals surface area contributed by atoms with Gasteiger partial charge in [0.25, 0.3) is 0 Å². The summed E-state index contributed by atoms with van der Waals surface area (Å²) in [5, 5.41) is 18.5. The van der Waals surface area contributed by atoms with Crippen LogP contribution in [0.3, 0.4) is 0 Å². The molecule has 0 saturated carbocycles. The quantitative estimate of drug-likeness (QED) is 0.773. The van der Waals surface area contributed by atoms with E-state index in [1.807, 2.05) is 0 Å². The van der Waals surface area contributed by atoms with E-state index in [1.54, 1.807) is 24.3 Å². The molecule has 1 amide bonds. The Morgan fingerprint density at radius 2 is 2.32 bits per heavy atom. The van der Waals surface area contributed by atoms with Crippen molar-refractivity contribution in [1.29, 1.82) is 0 Å². The predicted molar refractivity (Wildman–Crippen MR) is 86.5 cm³/mol. The number of carboxylic acid groups (broad SMARTS) is 1. The van der Waals surface area contributed by atoms with Gasteiger partial charge in [-0.15, -0.1) is 5.10 Å². The van der Waals surface area contributed by atoms with Gasteiger partial charge in [0.15, 0.2) is 5.69 Å². The Kier molecular flexibility index (Phi) is 5.24. The van der Waals surface area contributed by atoms with Crippen molar-refractivity contribution in [1.82, 2.24) is 15.0 Å². The van der Waals surface area contributed by atoms with Crippen molar-refractivity contribution in [2.75, 3.05) is 18.5 Å². The normalized spacial score (nSPS) is 16.6. The van der Waals surface area contributed by atoms with Crippen LogP contribution in [0.25, 0.3) is 0 Å². The molecule has 2 heterocycles. The molecule has 2 N–H and O–H groups in total. The number of aromatic carboxylic acids is 1. The molecule has 2 aromatic rings. The van der Waals surface area contributed by atoms with Crippen molar-refractivity contribution in [3.8, 4) is 5.75 Å². The summed E-state index contributed by atoms with van der Waals surface area (Å²) in [6.45, 7) is 1.12. The lowest BCUT2D eigenvalue weighted by atomic mass is 10.2. The summed E-state index contributed by atoms with van der Waals surface area (Å²) in [5.41, 5.74) is 0.366. The third-order valence-corrected chi connectivity index (χ3v) is 3.64. The summed E-state index contributed by atoms with van der Waals surface area (Å²) in [6, 6.07) is 7.04. The molecule has 0 aliphatic carbocycles. The standard InChI is InChI=1S/C16H18N4O5/c21-15(9-20-8-14(16(22)23)18-19-20)17-11-3-1-4-12(7-11)25-10-13-5-2-6-24-13/h1,3-4,7-8,13H,2,5-6,9-10H2,(H,17,21)(H,22,23). The average Bonchev–Trinajstić information content (AvgIpc) is 3.24. The summed E-state index contributed by atoms with van der Waals surface area (Å²) in [5.74, 6) is -0.900. The van der Waals surface area contributed by atoms with Gasteiger partial charge in [0, 0.05) is 18.4 Å². The molecule has 1 aliphatic heterocycles.